The molecule has 23 heavy (non-hydrogen) atoms. The molecule has 0 fully saturated rings. The summed E-state index contributed by atoms with van der Waals surface area (Å²) >= 11 is 4.93. The van der Waals surface area contributed by atoms with Crippen molar-refractivity contribution in [2.45, 2.75) is 6.61 Å². The lowest BCUT2D eigenvalue weighted by Gasteiger charge is -2.01. The van der Waals surface area contributed by atoms with Crippen LogP contribution in [0.1, 0.15) is 16.1 Å². The Labute approximate surface area is 138 Å². The van der Waals surface area contributed by atoms with Crippen molar-refractivity contribution in [3.8, 4) is 11.8 Å². The predicted molar refractivity (Wildman–Crippen MR) is 88.0 cm³/mol. The van der Waals surface area contributed by atoms with Crippen molar-refractivity contribution in [2.75, 3.05) is 6.54 Å². The van der Waals surface area contributed by atoms with Gasteiger partial charge in [-0.3, -0.25) is 4.79 Å². The minimum atomic E-state index is -0.637. The number of amides is 1. The zero-order valence-electron chi connectivity index (χ0n) is 12.2. The number of esters is 1. The molecule has 0 radical (unpaired) electrons. The minimum absolute atomic E-state index is 0.0365. The molecule has 0 aliphatic heterocycles. The van der Waals surface area contributed by atoms with Gasteiger partial charge in [-0.25, -0.2) is 4.79 Å². The average Bonchev–Trinajstić information content (AvgIpc) is 2.57. The SMILES string of the molecule is O=C(C#CCNC(=O)c1cccc(=S)[nH]1)OCc1ccccc1. The fraction of sp³-hybridized carbons (Fsp3) is 0.118. The minimum Gasteiger partial charge on any atom is -0.451 e. The topological polar surface area (TPSA) is 71.2 Å². The van der Waals surface area contributed by atoms with Gasteiger partial charge in [0.05, 0.1) is 6.54 Å². The number of rotatable bonds is 4. The number of H-pyrrole nitrogens is 1. The van der Waals surface area contributed by atoms with Crippen molar-refractivity contribution < 1.29 is 14.3 Å². The van der Waals surface area contributed by atoms with Crippen molar-refractivity contribution in [1.29, 1.82) is 0 Å². The molecule has 5 nitrogen and oxygen atoms in total. The Morgan fingerprint density at radius 2 is 1.91 bits per heavy atom. The third-order valence-corrected chi connectivity index (χ3v) is 2.99. The van der Waals surface area contributed by atoms with Crippen LogP contribution in [0.4, 0.5) is 0 Å². The van der Waals surface area contributed by atoms with Crippen molar-refractivity contribution in [3.63, 3.8) is 0 Å². The Morgan fingerprint density at radius 1 is 1.13 bits per heavy atom. The number of ether oxygens (including phenoxy) is 1. The molecule has 2 N–H and O–H groups in total. The third kappa shape index (κ3) is 5.77. The first-order valence-electron chi connectivity index (χ1n) is 6.82. The molecule has 0 saturated heterocycles. The molecule has 0 unspecified atom stereocenters. The fourth-order valence-electron chi connectivity index (χ4n) is 1.68. The van der Waals surface area contributed by atoms with Crippen LogP contribution in [0.5, 0.6) is 0 Å². The molecular formula is C17H14N2O3S. The maximum atomic E-state index is 11.8. The highest BCUT2D eigenvalue weighted by atomic mass is 32.1. The van der Waals surface area contributed by atoms with Gasteiger partial charge in [-0.05, 0) is 17.7 Å². The fourth-order valence-corrected chi connectivity index (χ4v) is 1.86. The molecule has 6 heteroatoms. The van der Waals surface area contributed by atoms with Crippen LogP contribution in [0.15, 0.2) is 48.5 Å². The lowest BCUT2D eigenvalue weighted by atomic mass is 10.2. The summed E-state index contributed by atoms with van der Waals surface area (Å²) in [7, 11) is 0. The Hall–Kier alpha value is -2.91. The van der Waals surface area contributed by atoms with E-state index < -0.39 is 5.97 Å². The van der Waals surface area contributed by atoms with Crippen LogP contribution in [0, 0.1) is 16.5 Å². The first-order chi connectivity index (χ1) is 11.1. The highest BCUT2D eigenvalue weighted by Gasteiger charge is 2.03. The second kappa shape index (κ2) is 8.51. The molecule has 0 bridgehead atoms. The highest BCUT2D eigenvalue weighted by molar-refractivity contribution is 7.71. The summed E-state index contributed by atoms with van der Waals surface area (Å²) in [5.74, 6) is 3.87. The number of benzene rings is 1. The van der Waals surface area contributed by atoms with Crippen molar-refractivity contribution in [2.24, 2.45) is 0 Å². The average molecular weight is 326 g/mol. The Kier molecular flexibility index (Phi) is 6.09. The summed E-state index contributed by atoms with van der Waals surface area (Å²) < 4.78 is 5.46. The second-order valence-corrected chi connectivity index (χ2v) is 4.91. The number of aromatic amines is 1. The van der Waals surface area contributed by atoms with E-state index in [0.717, 1.165) is 5.56 Å². The summed E-state index contributed by atoms with van der Waals surface area (Å²) in [5.41, 5.74) is 1.22. The van der Waals surface area contributed by atoms with Crippen molar-refractivity contribution >= 4 is 24.1 Å². The van der Waals surface area contributed by atoms with E-state index in [1.165, 1.54) is 0 Å². The molecule has 0 spiro atoms. The van der Waals surface area contributed by atoms with Gasteiger partial charge >= 0.3 is 5.97 Å². The van der Waals surface area contributed by atoms with Crippen molar-refractivity contribution in [3.05, 3.63) is 64.4 Å². The van der Waals surface area contributed by atoms with E-state index in [-0.39, 0.29) is 19.1 Å². The Morgan fingerprint density at radius 3 is 2.65 bits per heavy atom. The maximum Gasteiger partial charge on any atom is 0.384 e. The molecule has 2 rings (SSSR count). The molecular weight excluding hydrogens is 312 g/mol. The quantitative estimate of drug-likeness (QED) is 0.391. The summed E-state index contributed by atoms with van der Waals surface area (Å²) in [6, 6.07) is 14.3. The van der Waals surface area contributed by atoms with Gasteiger partial charge in [-0.15, -0.1) is 0 Å². The predicted octanol–water partition coefficient (Wildman–Crippen LogP) is 2.22. The smallest absolute Gasteiger partial charge is 0.384 e. The summed E-state index contributed by atoms with van der Waals surface area (Å²) in [6.45, 7) is 0.204. The summed E-state index contributed by atoms with van der Waals surface area (Å²) in [4.78, 5) is 26.0. The number of nitrogens with one attached hydrogen (secondary N) is 2. The molecule has 2 aromatic rings. The van der Waals surface area contributed by atoms with Crippen molar-refractivity contribution in [1.82, 2.24) is 10.3 Å². The Bertz CT molecular complexity index is 804. The lowest BCUT2D eigenvalue weighted by molar-refractivity contribution is -0.137. The number of hydrogen-bond donors (Lipinski definition) is 2. The zero-order valence-corrected chi connectivity index (χ0v) is 13.0. The van der Waals surface area contributed by atoms with E-state index in [9.17, 15) is 9.59 Å². The molecule has 1 amide bonds. The van der Waals surface area contributed by atoms with E-state index in [2.05, 4.69) is 22.1 Å². The van der Waals surface area contributed by atoms with Gasteiger partial charge in [0.25, 0.3) is 5.91 Å². The van der Waals surface area contributed by atoms with Gasteiger partial charge in [0.2, 0.25) is 0 Å². The molecule has 1 heterocycles. The van der Waals surface area contributed by atoms with Gasteiger partial charge in [-0.2, -0.15) is 0 Å². The van der Waals surface area contributed by atoms with E-state index in [0.29, 0.717) is 10.3 Å². The number of hydrogen-bond acceptors (Lipinski definition) is 4. The number of aromatic nitrogens is 1. The first-order valence-corrected chi connectivity index (χ1v) is 7.23. The van der Waals surface area contributed by atoms with Crippen LogP contribution in [0.2, 0.25) is 0 Å². The summed E-state index contributed by atoms with van der Waals surface area (Å²) in [5, 5.41) is 2.56. The molecule has 1 aromatic heterocycles. The van der Waals surface area contributed by atoms with Crippen LogP contribution in [0.25, 0.3) is 0 Å². The maximum absolute atomic E-state index is 11.8. The van der Waals surface area contributed by atoms with E-state index in [1.54, 1.807) is 18.2 Å². The molecule has 0 atom stereocenters. The molecule has 0 saturated carbocycles. The lowest BCUT2D eigenvalue weighted by Crippen LogP contribution is -2.24. The molecule has 0 aliphatic rings. The van der Waals surface area contributed by atoms with Crippen LogP contribution in [-0.4, -0.2) is 23.4 Å². The van der Waals surface area contributed by atoms with Gasteiger partial charge < -0.3 is 15.0 Å². The highest BCUT2D eigenvalue weighted by Crippen LogP contribution is 2.00. The van der Waals surface area contributed by atoms with Gasteiger partial charge in [0.15, 0.2) is 0 Å². The molecule has 1 aromatic carbocycles. The molecule has 0 aliphatic carbocycles. The van der Waals surface area contributed by atoms with E-state index >= 15 is 0 Å². The van der Waals surface area contributed by atoms with Crippen LogP contribution in [-0.2, 0) is 16.1 Å². The van der Waals surface area contributed by atoms with Gasteiger partial charge in [0, 0.05) is 5.92 Å². The number of carbonyl (C=O) groups excluding carboxylic acids is 2. The number of carbonyl (C=O) groups is 2. The standard InChI is InChI=1S/C17H14N2O3S/c20-16(22-12-13-6-2-1-3-7-13)10-5-11-18-17(21)14-8-4-9-15(23)19-14/h1-4,6-9H,11-12H2,(H,18,21)(H,19,23). The zero-order chi connectivity index (χ0) is 16.5. The van der Waals surface area contributed by atoms with Crippen LogP contribution < -0.4 is 5.32 Å². The van der Waals surface area contributed by atoms with E-state index in [1.807, 2.05) is 30.3 Å². The number of pyridine rings is 1. The monoisotopic (exact) mass is 326 g/mol. The molecule has 116 valence electrons. The van der Waals surface area contributed by atoms with E-state index in [4.69, 9.17) is 17.0 Å². The van der Waals surface area contributed by atoms with Gasteiger partial charge in [0.1, 0.15) is 16.9 Å². The Balaban J connectivity index is 1.76. The normalized spacial score (nSPS) is 9.39. The first kappa shape index (κ1) is 16.5. The van der Waals surface area contributed by atoms with Gasteiger partial charge in [-0.1, -0.05) is 54.5 Å². The second-order valence-electron chi connectivity index (χ2n) is 4.47. The van der Waals surface area contributed by atoms with Crippen LogP contribution >= 0.6 is 12.2 Å². The van der Waals surface area contributed by atoms with Crippen LogP contribution in [0.3, 0.4) is 0 Å². The largest absolute Gasteiger partial charge is 0.451 e. The third-order valence-electron chi connectivity index (χ3n) is 2.75. The summed E-state index contributed by atoms with van der Waals surface area (Å²) in [6.07, 6.45) is 0.